The van der Waals surface area contributed by atoms with E-state index < -0.39 is 5.82 Å². The molecular weight excluding hydrogens is 311 g/mol. The molecule has 0 unspecified atom stereocenters. The Kier molecular flexibility index (Phi) is 4.32. The molecule has 0 aromatic heterocycles. The Bertz CT molecular complexity index is 611. The zero-order chi connectivity index (χ0) is 13.8. The molecule has 98 valence electrons. The van der Waals surface area contributed by atoms with Crippen molar-refractivity contribution < 1.29 is 13.9 Å². The van der Waals surface area contributed by atoms with Gasteiger partial charge in [-0.1, -0.05) is 34.1 Å². The summed E-state index contributed by atoms with van der Waals surface area (Å²) in [5.41, 5.74) is 1.27. The first-order valence-corrected chi connectivity index (χ1v) is 6.54. The minimum absolute atomic E-state index is 0.140. The molecule has 0 saturated carbocycles. The van der Waals surface area contributed by atoms with E-state index in [0.717, 1.165) is 10.0 Å². The highest BCUT2D eigenvalue weighted by molar-refractivity contribution is 9.10. The molecule has 0 atom stereocenters. The number of benzene rings is 2. The Hall–Kier alpha value is -1.68. The van der Waals surface area contributed by atoms with E-state index in [-0.39, 0.29) is 18.1 Å². The van der Waals surface area contributed by atoms with E-state index in [1.165, 1.54) is 19.1 Å². The molecule has 0 saturated heterocycles. The predicted octanol–water partition coefficient (Wildman–Crippen LogP) is 4.37. The van der Waals surface area contributed by atoms with Crippen LogP contribution in [-0.4, -0.2) is 5.78 Å². The molecule has 0 aliphatic carbocycles. The van der Waals surface area contributed by atoms with Crippen molar-refractivity contribution in [2.24, 2.45) is 0 Å². The standard InChI is InChI=1S/C15H12BrFO2/c1-10(18)11-6-7-15(14(17)8-11)19-9-12-4-2-3-5-13(12)16/h2-8H,9H2,1H3. The fourth-order valence-electron chi connectivity index (χ4n) is 1.61. The minimum Gasteiger partial charge on any atom is -0.486 e. The SMILES string of the molecule is CC(=O)c1ccc(OCc2ccccc2Br)c(F)c1. The summed E-state index contributed by atoms with van der Waals surface area (Å²) < 4.78 is 20.1. The number of hydrogen-bond acceptors (Lipinski definition) is 2. The highest BCUT2D eigenvalue weighted by Crippen LogP contribution is 2.22. The minimum atomic E-state index is -0.528. The smallest absolute Gasteiger partial charge is 0.165 e. The summed E-state index contributed by atoms with van der Waals surface area (Å²) in [6, 6.07) is 11.8. The number of ether oxygens (including phenoxy) is 1. The first-order valence-electron chi connectivity index (χ1n) is 5.74. The summed E-state index contributed by atoms with van der Waals surface area (Å²) in [5, 5.41) is 0. The molecule has 4 heteroatoms. The van der Waals surface area contributed by atoms with Crippen LogP contribution in [0.3, 0.4) is 0 Å². The normalized spacial score (nSPS) is 10.3. The third kappa shape index (κ3) is 3.41. The van der Waals surface area contributed by atoms with E-state index in [9.17, 15) is 9.18 Å². The third-order valence-electron chi connectivity index (χ3n) is 2.68. The zero-order valence-corrected chi connectivity index (χ0v) is 11.9. The van der Waals surface area contributed by atoms with E-state index in [2.05, 4.69) is 15.9 Å². The van der Waals surface area contributed by atoms with Crippen LogP contribution in [0, 0.1) is 5.82 Å². The maximum absolute atomic E-state index is 13.7. The second kappa shape index (κ2) is 5.97. The van der Waals surface area contributed by atoms with Crippen LogP contribution in [-0.2, 0) is 6.61 Å². The fraction of sp³-hybridized carbons (Fsp3) is 0.133. The molecule has 0 amide bonds. The second-order valence-electron chi connectivity index (χ2n) is 4.08. The van der Waals surface area contributed by atoms with Gasteiger partial charge < -0.3 is 4.74 Å². The Morgan fingerprint density at radius 3 is 2.63 bits per heavy atom. The predicted molar refractivity (Wildman–Crippen MR) is 74.9 cm³/mol. The van der Waals surface area contributed by atoms with E-state index >= 15 is 0 Å². The van der Waals surface area contributed by atoms with Gasteiger partial charge in [-0.25, -0.2) is 4.39 Å². The first kappa shape index (κ1) is 13.7. The summed E-state index contributed by atoms with van der Waals surface area (Å²) in [6.45, 7) is 1.66. The summed E-state index contributed by atoms with van der Waals surface area (Å²) >= 11 is 3.40. The molecule has 0 aliphatic rings. The Morgan fingerprint density at radius 1 is 1.26 bits per heavy atom. The third-order valence-corrected chi connectivity index (χ3v) is 3.45. The van der Waals surface area contributed by atoms with Crippen LogP contribution in [0.2, 0.25) is 0 Å². The highest BCUT2D eigenvalue weighted by Gasteiger charge is 2.08. The quantitative estimate of drug-likeness (QED) is 0.781. The van der Waals surface area contributed by atoms with Crippen LogP contribution in [0.1, 0.15) is 22.8 Å². The summed E-state index contributed by atoms with van der Waals surface area (Å²) in [7, 11) is 0. The van der Waals surface area contributed by atoms with Gasteiger partial charge in [-0.2, -0.15) is 0 Å². The van der Waals surface area contributed by atoms with Gasteiger partial charge in [0.05, 0.1) is 0 Å². The van der Waals surface area contributed by atoms with E-state index in [4.69, 9.17) is 4.74 Å². The first-order chi connectivity index (χ1) is 9.08. The summed E-state index contributed by atoms with van der Waals surface area (Å²) in [4.78, 5) is 11.1. The van der Waals surface area contributed by atoms with Crippen molar-refractivity contribution in [1.29, 1.82) is 0 Å². The van der Waals surface area contributed by atoms with Crippen LogP contribution in [0.25, 0.3) is 0 Å². The monoisotopic (exact) mass is 322 g/mol. The van der Waals surface area contributed by atoms with Crippen LogP contribution < -0.4 is 4.74 Å². The molecule has 0 spiro atoms. The van der Waals surface area contributed by atoms with E-state index in [1.54, 1.807) is 6.07 Å². The number of carbonyl (C=O) groups is 1. The number of carbonyl (C=O) groups excluding carboxylic acids is 1. The second-order valence-corrected chi connectivity index (χ2v) is 4.94. The van der Waals surface area contributed by atoms with Gasteiger partial charge in [-0.3, -0.25) is 4.79 Å². The molecule has 2 aromatic rings. The van der Waals surface area contributed by atoms with Crippen molar-refractivity contribution in [2.75, 3.05) is 0 Å². The molecule has 0 fully saturated rings. The maximum atomic E-state index is 13.7. The van der Waals surface area contributed by atoms with Crippen LogP contribution in [0.15, 0.2) is 46.9 Å². The van der Waals surface area contributed by atoms with Gasteiger partial charge in [0.15, 0.2) is 17.3 Å². The summed E-state index contributed by atoms with van der Waals surface area (Å²) in [6.07, 6.45) is 0. The van der Waals surface area contributed by atoms with Crippen molar-refractivity contribution in [3.05, 3.63) is 63.9 Å². The lowest BCUT2D eigenvalue weighted by atomic mass is 10.1. The molecule has 2 nitrogen and oxygen atoms in total. The average Bonchev–Trinajstić information content (AvgIpc) is 2.39. The molecular formula is C15H12BrFO2. The van der Waals surface area contributed by atoms with E-state index in [0.29, 0.717) is 5.56 Å². The number of Topliss-reactive ketones (excluding diaryl/α,β-unsaturated/α-hetero) is 1. The van der Waals surface area contributed by atoms with Crippen molar-refractivity contribution in [1.82, 2.24) is 0 Å². The maximum Gasteiger partial charge on any atom is 0.165 e. The lowest BCUT2D eigenvalue weighted by Gasteiger charge is -2.09. The molecule has 0 N–H and O–H groups in total. The zero-order valence-electron chi connectivity index (χ0n) is 10.3. The Balaban J connectivity index is 2.12. The number of ketones is 1. The number of hydrogen-bond donors (Lipinski definition) is 0. The van der Waals surface area contributed by atoms with Crippen LogP contribution >= 0.6 is 15.9 Å². The molecule has 2 rings (SSSR count). The van der Waals surface area contributed by atoms with Crippen molar-refractivity contribution >= 4 is 21.7 Å². The molecule has 2 aromatic carbocycles. The van der Waals surface area contributed by atoms with Crippen LogP contribution in [0.5, 0.6) is 5.75 Å². The van der Waals surface area contributed by atoms with Crippen LogP contribution in [0.4, 0.5) is 4.39 Å². The van der Waals surface area contributed by atoms with Gasteiger partial charge in [0, 0.05) is 15.6 Å². The van der Waals surface area contributed by atoms with Crippen molar-refractivity contribution in [2.45, 2.75) is 13.5 Å². The van der Waals surface area contributed by atoms with Gasteiger partial charge in [-0.15, -0.1) is 0 Å². The van der Waals surface area contributed by atoms with Gasteiger partial charge in [0.1, 0.15) is 6.61 Å². The lowest BCUT2D eigenvalue weighted by molar-refractivity contribution is 0.101. The number of rotatable bonds is 4. The van der Waals surface area contributed by atoms with Gasteiger partial charge >= 0.3 is 0 Å². The molecule has 0 radical (unpaired) electrons. The van der Waals surface area contributed by atoms with Crippen molar-refractivity contribution in [3.63, 3.8) is 0 Å². The number of halogens is 2. The average molecular weight is 323 g/mol. The van der Waals surface area contributed by atoms with Gasteiger partial charge in [0.25, 0.3) is 0 Å². The lowest BCUT2D eigenvalue weighted by Crippen LogP contribution is -2.00. The van der Waals surface area contributed by atoms with Gasteiger partial charge in [0.2, 0.25) is 0 Å². The Morgan fingerprint density at radius 2 is 2.00 bits per heavy atom. The Labute approximate surface area is 119 Å². The van der Waals surface area contributed by atoms with Crippen molar-refractivity contribution in [3.8, 4) is 5.75 Å². The summed E-state index contributed by atoms with van der Waals surface area (Å²) in [5.74, 6) is -0.559. The fourth-order valence-corrected chi connectivity index (χ4v) is 2.01. The molecule has 0 aliphatic heterocycles. The van der Waals surface area contributed by atoms with E-state index in [1.807, 2.05) is 24.3 Å². The largest absolute Gasteiger partial charge is 0.486 e. The molecule has 19 heavy (non-hydrogen) atoms. The van der Waals surface area contributed by atoms with Gasteiger partial charge in [-0.05, 0) is 31.2 Å². The molecule has 0 heterocycles. The highest BCUT2D eigenvalue weighted by atomic mass is 79.9. The topological polar surface area (TPSA) is 26.3 Å². The molecule has 0 bridgehead atoms.